The first kappa shape index (κ1) is 14.0. The quantitative estimate of drug-likeness (QED) is 0.649. The van der Waals surface area contributed by atoms with Crippen LogP contribution in [0.5, 0.6) is 0 Å². The molecule has 0 aliphatic heterocycles. The molecule has 17 heavy (non-hydrogen) atoms. The van der Waals surface area contributed by atoms with E-state index in [2.05, 4.69) is 27.7 Å². The monoisotopic (exact) mass is 253 g/mol. The predicted molar refractivity (Wildman–Crippen MR) is 73.4 cm³/mol. The molecule has 0 bridgehead atoms. The lowest BCUT2D eigenvalue weighted by atomic mass is 9.78. The molecule has 1 atom stereocenters. The lowest BCUT2D eigenvalue weighted by Crippen LogP contribution is -2.20. The Morgan fingerprint density at radius 1 is 1.41 bits per heavy atom. The molecular formula is C14H20ClNO. The fourth-order valence-corrected chi connectivity index (χ4v) is 1.58. The molecule has 0 aliphatic carbocycles. The molecule has 0 saturated carbocycles. The first-order chi connectivity index (χ1) is 7.71. The van der Waals surface area contributed by atoms with E-state index >= 15 is 0 Å². The van der Waals surface area contributed by atoms with Crippen LogP contribution < -0.4 is 5.73 Å². The molecule has 1 rings (SSSR count). The van der Waals surface area contributed by atoms with Gasteiger partial charge in [0, 0.05) is 12.0 Å². The maximum absolute atomic E-state index is 12.1. The zero-order chi connectivity index (χ0) is 13.2. The van der Waals surface area contributed by atoms with E-state index in [-0.39, 0.29) is 11.2 Å². The van der Waals surface area contributed by atoms with Crippen molar-refractivity contribution in [1.29, 1.82) is 0 Å². The molecule has 1 unspecified atom stereocenters. The molecule has 0 amide bonds. The van der Waals surface area contributed by atoms with Gasteiger partial charge in [-0.1, -0.05) is 39.3 Å². The third kappa shape index (κ3) is 3.74. The number of carbonyl (C=O) groups is 1. The van der Waals surface area contributed by atoms with Gasteiger partial charge in [0.1, 0.15) is 0 Å². The number of hydrogen-bond acceptors (Lipinski definition) is 2. The summed E-state index contributed by atoms with van der Waals surface area (Å²) in [4.78, 5) is 12.1. The van der Waals surface area contributed by atoms with Crippen molar-refractivity contribution in [2.45, 2.75) is 34.1 Å². The van der Waals surface area contributed by atoms with Crippen molar-refractivity contribution in [3.63, 3.8) is 0 Å². The predicted octanol–water partition coefficient (Wildman–Crippen LogP) is 4.18. The van der Waals surface area contributed by atoms with E-state index in [0.29, 0.717) is 28.6 Å². The smallest absolute Gasteiger partial charge is 0.163 e. The lowest BCUT2D eigenvalue weighted by molar-refractivity contribution is 0.0927. The minimum absolute atomic E-state index is 0.120. The van der Waals surface area contributed by atoms with Gasteiger partial charge in [-0.2, -0.15) is 0 Å². The third-order valence-electron chi connectivity index (χ3n) is 3.29. The van der Waals surface area contributed by atoms with Gasteiger partial charge in [0.25, 0.3) is 0 Å². The van der Waals surface area contributed by atoms with Crippen LogP contribution >= 0.6 is 11.6 Å². The Labute approximate surface area is 108 Å². The largest absolute Gasteiger partial charge is 0.398 e. The van der Waals surface area contributed by atoms with Gasteiger partial charge in [-0.15, -0.1) is 0 Å². The second kappa shape index (κ2) is 5.09. The van der Waals surface area contributed by atoms with Crippen LogP contribution in [-0.4, -0.2) is 5.78 Å². The molecule has 0 spiro atoms. The molecule has 0 aromatic heterocycles. The van der Waals surface area contributed by atoms with Crippen molar-refractivity contribution >= 4 is 23.1 Å². The van der Waals surface area contributed by atoms with Crippen LogP contribution in [0.1, 0.15) is 44.5 Å². The molecule has 0 fully saturated rings. The van der Waals surface area contributed by atoms with Gasteiger partial charge in [-0.3, -0.25) is 4.79 Å². The second-order valence-electron chi connectivity index (χ2n) is 5.63. The highest BCUT2D eigenvalue weighted by Crippen LogP contribution is 2.30. The van der Waals surface area contributed by atoms with Gasteiger partial charge in [0.2, 0.25) is 0 Å². The number of benzene rings is 1. The summed E-state index contributed by atoms with van der Waals surface area (Å²) in [5, 5.41) is 0.444. The number of rotatable bonds is 3. The Balaban J connectivity index is 2.80. The molecule has 2 nitrogen and oxygen atoms in total. The average Bonchev–Trinajstić information content (AvgIpc) is 2.20. The summed E-state index contributed by atoms with van der Waals surface area (Å²) in [5.74, 6) is 0.445. The minimum Gasteiger partial charge on any atom is -0.398 e. The van der Waals surface area contributed by atoms with Crippen LogP contribution in [0.25, 0.3) is 0 Å². The van der Waals surface area contributed by atoms with Crippen molar-refractivity contribution in [1.82, 2.24) is 0 Å². The summed E-state index contributed by atoms with van der Waals surface area (Å²) in [6.07, 6.45) is 0.531. The fraction of sp³-hybridized carbons (Fsp3) is 0.500. The van der Waals surface area contributed by atoms with Gasteiger partial charge in [-0.25, -0.2) is 0 Å². The Bertz CT molecular complexity index is 421. The van der Waals surface area contributed by atoms with E-state index in [0.717, 1.165) is 0 Å². The maximum Gasteiger partial charge on any atom is 0.163 e. The van der Waals surface area contributed by atoms with Crippen LogP contribution in [0, 0.1) is 11.3 Å². The zero-order valence-corrected chi connectivity index (χ0v) is 11.6. The zero-order valence-electron chi connectivity index (χ0n) is 10.9. The van der Waals surface area contributed by atoms with Gasteiger partial charge in [0.05, 0.1) is 10.7 Å². The highest BCUT2D eigenvalue weighted by Gasteiger charge is 2.23. The van der Waals surface area contributed by atoms with Gasteiger partial charge in [0.15, 0.2) is 5.78 Å². The van der Waals surface area contributed by atoms with E-state index in [1.165, 1.54) is 0 Å². The topological polar surface area (TPSA) is 43.1 Å². The number of nitrogen functional groups attached to an aromatic ring is 1. The maximum atomic E-state index is 12.1. The van der Waals surface area contributed by atoms with Crippen LogP contribution in [0.2, 0.25) is 5.02 Å². The lowest BCUT2D eigenvalue weighted by Gasteiger charge is -2.26. The minimum atomic E-state index is 0.120. The number of hydrogen-bond donors (Lipinski definition) is 1. The molecule has 0 saturated heterocycles. The van der Waals surface area contributed by atoms with E-state index < -0.39 is 0 Å². The Hall–Kier alpha value is -1.02. The second-order valence-corrected chi connectivity index (χ2v) is 6.04. The first-order valence-corrected chi connectivity index (χ1v) is 6.18. The summed E-state index contributed by atoms with van der Waals surface area (Å²) >= 11 is 5.91. The Morgan fingerprint density at radius 3 is 2.47 bits per heavy atom. The van der Waals surface area contributed by atoms with Crippen molar-refractivity contribution in [3.05, 3.63) is 28.8 Å². The van der Waals surface area contributed by atoms with Crippen molar-refractivity contribution < 1.29 is 4.79 Å². The summed E-state index contributed by atoms with van der Waals surface area (Å²) in [7, 11) is 0. The first-order valence-electron chi connectivity index (χ1n) is 5.80. The molecule has 2 N–H and O–H groups in total. The summed E-state index contributed by atoms with van der Waals surface area (Å²) in [6.45, 7) is 8.51. The normalized spacial score (nSPS) is 13.5. The third-order valence-corrected chi connectivity index (χ3v) is 3.62. The highest BCUT2D eigenvalue weighted by molar-refractivity contribution is 6.33. The number of carbonyl (C=O) groups excluding carboxylic acids is 1. The summed E-state index contributed by atoms with van der Waals surface area (Å²) in [5.41, 5.74) is 6.89. The van der Waals surface area contributed by atoms with Gasteiger partial charge >= 0.3 is 0 Å². The van der Waals surface area contributed by atoms with Crippen LogP contribution in [-0.2, 0) is 0 Å². The molecule has 0 radical (unpaired) electrons. The van der Waals surface area contributed by atoms with Crippen LogP contribution in [0.3, 0.4) is 0 Å². The number of nitrogens with two attached hydrogens (primary N) is 1. The molecule has 0 heterocycles. The van der Waals surface area contributed by atoms with Gasteiger partial charge < -0.3 is 5.73 Å². The van der Waals surface area contributed by atoms with Gasteiger partial charge in [-0.05, 0) is 29.5 Å². The van der Waals surface area contributed by atoms with Crippen molar-refractivity contribution in [2.75, 3.05) is 5.73 Å². The molecule has 94 valence electrons. The molecule has 0 aliphatic rings. The standard InChI is InChI=1S/C14H20ClNO/c1-9(14(2,3)4)7-13(17)10-5-6-12(16)11(15)8-10/h5-6,8-9H,7,16H2,1-4H3. The van der Waals surface area contributed by atoms with Crippen molar-refractivity contribution in [3.8, 4) is 0 Å². The van der Waals surface area contributed by atoms with E-state index in [1.807, 2.05) is 0 Å². The molecular weight excluding hydrogens is 234 g/mol. The van der Waals surface area contributed by atoms with Crippen molar-refractivity contribution in [2.24, 2.45) is 11.3 Å². The summed E-state index contributed by atoms with van der Waals surface area (Å²) in [6, 6.07) is 5.06. The van der Waals surface area contributed by atoms with E-state index in [1.54, 1.807) is 18.2 Å². The molecule has 1 aromatic carbocycles. The number of halogens is 1. The van der Waals surface area contributed by atoms with E-state index in [9.17, 15) is 4.79 Å². The molecule has 1 aromatic rings. The van der Waals surface area contributed by atoms with Crippen LogP contribution in [0.15, 0.2) is 18.2 Å². The Kier molecular flexibility index (Phi) is 4.21. The Morgan fingerprint density at radius 2 is 2.00 bits per heavy atom. The van der Waals surface area contributed by atoms with E-state index in [4.69, 9.17) is 17.3 Å². The SMILES string of the molecule is CC(CC(=O)c1ccc(N)c(Cl)c1)C(C)(C)C. The highest BCUT2D eigenvalue weighted by atomic mass is 35.5. The number of Topliss-reactive ketones (excluding diaryl/α,β-unsaturated/α-hetero) is 1. The summed E-state index contributed by atoms with van der Waals surface area (Å²) < 4.78 is 0. The number of anilines is 1. The van der Waals surface area contributed by atoms with Crippen LogP contribution in [0.4, 0.5) is 5.69 Å². The number of ketones is 1. The average molecular weight is 254 g/mol. The molecule has 3 heteroatoms. The fourth-order valence-electron chi connectivity index (χ4n) is 1.40.